The Labute approximate surface area is 198 Å². The number of nitrogens with one attached hydrogen (secondary N) is 1. The fraction of sp³-hybridized carbons (Fsp3) is 0.417. The fourth-order valence-corrected chi connectivity index (χ4v) is 3.88. The van der Waals surface area contributed by atoms with Gasteiger partial charge in [-0.1, -0.05) is 35.9 Å². The number of para-hydroxylation sites is 2. The summed E-state index contributed by atoms with van der Waals surface area (Å²) in [6.45, 7) is 2.50. The van der Waals surface area contributed by atoms with Gasteiger partial charge in [0.2, 0.25) is 5.91 Å². The molecule has 1 amide bonds. The summed E-state index contributed by atoms with van der Waals surface area (Å²) in [6.07, 6.45) is -0.574. The van der Waals surface area contributed by atoms with E-state index in [-0.39, 0.29) is 31.1 Å². The molecule has 0 saturated carbocycles. The number of anilines is 1. The summed E-state index contributed by atoms with van der Waals surface area (Å²) in [7, 11) is 1.35. The van der Waals surface area contributed by atoms with E-state index in [1.54, 1.807) is 36.4 Å². The maximum atomic E-state index is 12.3. The molecule has 3 unspecified atom stereocenters. The number of carbonyl (C=O) groups is 2. The van der Waals surface area contributed by atoms with Crippen LogP contribution in [0.5, 0.6) is 5.75 Å². The average molecular weight is 477 g/mol. The number of carbonyl (C=O) groups excluding carboxylic acids is 2. The zero-order valence-electron chi connectivity index (χ0n) is 18.7. The Morgan fingerprint density at radius 1 is 1.21 bits per heavy atom. The number of likely N-dealkylation sites (tertiary alicyclic amines) is 1. The molecule has 178 valence electrons. The summed E-state index contributed by atoms with van der Waals surface area (Å²) in [5.74, 6) is -0.118. The van der Waals surface area contributed by atoms with E-state index in [2.05, 4.69) is 5.32 Å². The minimum absolute atomic E-state index is 0.00269. The Morgan fingerprint density at radius 2 is 1.94 bits per heavy atom. The van der Waals surface area contributed by atoms with Crippen LogP contribution in [0.1, 0.15) is 18.9 Å². The summed E-state index contributed by atoms with van der Waals surface area (Å²) < 4.78 is 16.7. The van der Waals surface area contributed by atoms with Gasteiger partial charge in [0.05, 0.1) is 25.5 Å². The Kier molecular flexibility index (Phi) is 9.08. The topological polar surface area (TPSA) is 97.3 Å². The first-order chi connectivity index (χ1) is 15.9. The molecule has 9 heteroatoms. The van der Waals surface area contributed by atoms with Crippen molar-refractivity contribution in [2.75, 3.05) is 32.1 Å². The van der Waals surface area contributed by atoms with E-state index in [9.17, 15) is 14.7 Å². The molecule has 0 aliphatic carbocycles. The van der Waals surface area contributed by atoms with Crippen LogP contribution in [-0.4, -0.2) is 66.9 Å². The van der Waals surface area contributed by atoms with Gasteiger partial charge in [-0.3, -0.25) is 14.5 Å². The van der Waals surface area contributed by atoms with Gasteiger partial charge in [0.1, 0.15) is 24.5 Å². The minimum Gasteiger partial charge on any atom is -0.489 e. The van der Waals surface area contributed by atoms with Crippen LogP contribution in [-0.2, 0) is 25.7 Å². The first-order valence-electron chi connectivity index (χ1n) is 10.7. The number of esters is 1. The van der Waals surface area contributed by atoms with E-state index in [0.29, 0.717) is 36.0 Å². The SMILES string of the molecule is COC(=O)C1CC(OCc2ccc(Cl)cc2)CN1CC(O)COc1ccccc1NC(C)=O. The van der Waals surface area contributed by atoms with Crippen molar-refractivity contribution in [2.45, 2.75) is 38.2 Å². The van der Waals surface area contributed by atoms with Gasteiger partial charge in [-0.05, 0) is 29.8 Å². The summed E-state index contributed by atoms with van der Waals surface area (Å²) in [5.41, 5.74) is 1.51. The molecule has 0 bridgehead atoms. The molecule has 1 aliphatic heterocycles. The molecule has 0 radical (unpaired) electrons. The number of hydrogen-bond donors (Lipinski definition) is 2. The predicted molar refractivity (Wildman–Crippen MR) is 124 cm³/mol. The molecule has 3 atom stereocenters. The van der Waals surface area contributed by atoms with Gasteiger partial charge >= 0.3 is 5.97 Å². The number of aliphatic hydroxyl groups excluding tert-OH is 1. The van der Waals surface area contributed by atoms with Crippen LogP contribution in [0, 0.1) is 0 Å². The van der Waals surface area contributed by atoms with Crippen LogP contribution in [0.4, 0.5) is 5.69 Å². The molecule has 1 saturated heterocycles. The highest BCUT2D eigenvalue weighted by Gasteiger charge is 2.39. The van der Waals surface area contributed by atoms with Crippen molar-refractivity contribution in [3.8, 4) is 5.75 Å². The lowest BCUT2D eigenvalue weighted by molar-refractivity contribution is -0.146. The van der Waals surface area contributed by atoms with Gasteiger partial charge in [-0.2, -0.15) is 0 Å². The number of benzene rings is 2. The van der Waals surface area contributed by atoms with Crippen molar-refractivity contribution < 1.29 is 28.9 Å². The van der Waals surface area contributed by atoms with Gasteiger partial charge < -0.3 is 24.6 Å². The Morgan fingerprint density at radius 3 is 2.64 bits per heavy atom. The van der Waals surface area contributed by atoms with Gasteiger partial charge in [0.25, 0.3) is 0 Å². The molecule has 1 aliphatic rings. The predicted octanol–water partition coefficient (Wildman–Crippen LogP) is 2.87. The van der Waals surface area contributed by atoms with E-state index in [1.807, 2.05) is 17.0 Å². The fourth-order valence-electron chi connectivity index (χ4n) is 3.75. The lowest BCUT2D eigenvalue weighted by Crippen LogP contribution is -2.43. The molecular formula is C24H29ClN2O6. The number of amides is 1. The van der Waals surface area contributed by atoms with E-state index < -0.39 is 12.1 Å². The van der Waals surface area contributed by atoms with E-state index in [1.165, 1.54) is 14.0 Å². The molecule has 3 rings (SSSR count). The Bertz CT molecular complexity index is 939. The summed E-state index contributed by atoms with van der Waals surface area (Å²) in [5, 5.41) is 13.9. The molecule has 33 heavy (non-hydrogen) atoms. The molecule has 8 nitrogen and oxygen atoms in total. The Hall–Kier alpha value is -2.65. The molecule has 0 aromatic heterocycles. The van der Waals surface area contributed by atoms with Gasteiger partial charge in [0.15, 0.2) is 0 Å². The van der Waals surface area contributed by atoms with Crippen LogP contribution in [0.2, 0.25) is 5.02 Å². The van der Waals surface area contributed by atoms with Crippen molar-refractivity contribution in [1.29, 1.82) is 0 Å². The van der Waals surface area contributed by atoms with Crippen LogP contribution in [0.15, 0.2) is 48.5 Å². The molecule has 1 fully saturated rings. The third-order valence-electron chi connectivity index (χ3n) is 5.31. The summed E-state index contributed by atoms with van der Waals surface area (Å²) in [6, 6.07) is 13.9. The number of nitrogens with zero attached hydrogens (tertiary/aromatic N) is 1. The van der Waals surface area contributed by atoms with Crippen molar-refractivity contribution >= 4 is 29.2 Å². The highest BCUT2D eigenvalue weighted by molar-refractivity contribution is 6.30. The first kappa shape index (κ1) is 25.0. The highest BCUT2D eigenvalue weighted by atomic mass is 35.5. The lowest BCUT2D eigenvalue weighted by Gasteiger charge is -2.25. The zero-order chi connectivity index (χ0) is 23.8. The first-order valence-corrected chi connectivity index (χ1v) is 11.1. The highest BCUT2D eigenvalue weighted by Crippen LogP contribution is 2.25. The maximum absolute atomic E-state index is 12.3. The van der Waals surface area contributed by atoms with Crippen LogP contribution >= 0.6 is 11.6 Å². The second kappa shape index (κ2) is 12.0. The molecule has 0 spiro atoms. The maximum Gasteiger partial charge on any atom is 0.323 e. The van der Waals surface area contributed by atoms with Crippen molar-refractivity contribution in [2.24, 2.45) is 0 Å². The van der Waals surface area contributed by atoms with E-state index >= 15 is 0 Å². The summed E-state index contributed by atoms with van der Waals surface area (Å²) >= 11 is 5.92. The smallest absolute Gasteiger partial charge is 0.323 e. The Balaban J connectivity index is 1.55. The molecule has 1 heterocycles. The average Bonchev–Trinajstić information content (AvgIpc) is 3.19. The second-order valence-electron chi connectivity index (χ2n) is 7.93. The molecule has 2 N–H and O–H groups in total. The number of halogens is 1. The standard InChI is InChI=1S/C24H29ClN2O6/c1-16(28)26-21-5-3-4-6-23(21)33-15-19(29)12-27-13-20(11-22(27)24(30)31-2)32-14-17-7-9-18(25)10-8-17/h3-10,19-20,22,29H,11-15H2,1-2H3,(H,26,28). The quantitative estimate of drug-likeness (QED) is 0.509. The molecule has 2 aromatic carbocycles. The third kappa shape index (κ3) is 7.43. The van der Waals surface area contributed by atoms with E-state index in [4.69, 9.17) is 25.8 Å². The largest absolute Gasteiger partial charge is 0.489 e. The number of β-amino-alcohol motifs (C(OH)–C–C–N with tert-alkyl or cyclic N) is 1. The van der Waals surface area contributed by atoms with Crippen LogP contribution < -0.4 is 10.1 Å². The number of aliphatic hydroxyl groups is 1. The normalized spacial score (nSPS) is 19.2. The molecule has 2 aromatic rings. The number of hydrogen-bond acceptors (Lipinski definition) is 7. The number of rotatable bonds is 10. The lowest BCUT2D eigenvalue weighted by atomic mass is 10.2. The van der Waals surface area contributed by atoms with Gasteiger partial charge in [-0.25, -0.2) is 0 Å². The van der Waals surface area contributed by atoms with Crippen molar-refractivity contribution in [1.82, 2.24) is 4.90 Å². The van der Waals surface area contributed by atoms with Crippen molar-refractivity contribution in [3.63, 3.8) is 0 Å². The molecular weight excluding hydrogens is 448 g/mol. The van der Waals surface area contributed by atoms with Gasteiger partial charge in [-0.15, -0.1) is 0 Å². The van der Waals surface area contributed by atoms with Crippen LogP contribution in [0.3, 0.4) is 0 Å². The van der Waals surface area contributed by atoms with Crippen molar-refractivity contribution in [3.05, 3.63) is 59.1 Å². The second-order valence-corrected chi connectivity index (χ2v) is 8.37. The van der Waals surface area contributed by atoms with Gasteiger partial charge in [0, 0.05) is 31.5 Å². The van der Waals surface area contributed by atoms with E-state index in [0.717, 1.165) is 5.56 Å². The third-order valence-corrected chi connectivity index (χ3v) is 5.56. The van der Waals surface area contributed by atoms with Crippen LogP contribution in [0.25, 0.3) is 0 Å². The minimum atomic E-state index is -0.863. The summed E-state index contributed by atoms with van der Waals surface area (Å²) in [4.78, 5) is 25.5. The monoisotopic (exact) mass is 476 g/mol. The number of ether oxygens (including phenoxy) is 3. The zero-order valence-corrected chi connectivity index (χ0v) is 19.5. The number of methoxy groups -OCH3 is 1.